The van der Waals surface area contributed by atoms with E-state index in [9.17, 15) is 4.79 Å². The molecule has 3 heteroatoms. The van der Waals surface area contributed by atoms with Gasteiger partial charge in [-0.05, 0) is 12.1 Å². The summed E-state index contributed by atoms with van der Waals surface area (Å²) in [6.07, 6.45) is 0. The maximum atomic E-state index is 11.4. The van der Waals surface area contributed by atoms with Crippen LogP contribution in [0.2, 0.25) is 13.1 Å². The van der Waals surface area contributed by atoms with Gasteiger partial charge in [0, 0.05) is 19.7 Å². The van der Waals surface area contributed by atoms with Gasteiger partial charge in [-0.1, -0.05) is 65.9 Å². The Labute approximate surface area is 122 Å². The Morgan fingerprint density at radius 3 is 1.90 bits per heavy atom. The third-order valence-electron chi connectivity index (χ3n) is 3.94. The largest absolute Gasteiger partial charge is 0.316 e. The number of amides is 1. The van der Waals surface area contributed by atoms with Crippen LogP contribution in [0.15, 0.2) is 54.6 Å². The molecular weight excluding hydrogens is 262 g/mol. The van der Waals surface area contributed by atoms with Gasteiger partial charge in [0.15, 0.2) is 0 Å². The molecule has 0 fully saturated rings. The highest BCUT2D eigenvalue weighted by atomic mass is 28.3. The fourth-order valence-corrected chi connectivity index (χ4v) is 4.66. The smallest absolute Gasteiger partial charge is 0.223 e. The number of anilines is 1. The van der Waals surface area contributed by atoms with Crippen molar-refractivity contribution in [3.05, 3.63) is 54.6 Å². The summed E-state index contributed by atoms with van der Waals surface area (Å²) >= 11 is 0. The van der Waals surface area contributed by atoms with Gasteiger partial charge in [0.05, 0.1) is 0 Å². The Balaban J connectivity index is 2.32. The van der Waals surface area contributed by atoms with Crippen molar-refractivity contribution in [2.24, 2.45) is 0 Å². The van der Waals surface area contributed by atoms with Crippen LogP contribution in [-0.2, 0) is 4.79 Å². The van der Waals surface area contributed by atoms with Gasteiger partial charge in [-0.15, -0.1) is 0 Å². The molecule has 2 aromatic carbocycles. The molecule has 0 radical (unpaired) electrons. The lowest BCUT2D eigenvalue weighted by Crippen LogP contribution is -2.52. The van der Waals surface area contributed by atoms with Crippen LogP contribution in [0.5, 0.6) is 0 Å². The molecule has 2 rings (SSSR count). The van der Waals surface area contributed by atoms with Crippen LogP contribution in [0.3, 0.4) is 0 Å². The Hall–Kier alpha value is -1.87. The molecule has 20 heavy (non-hydrogen) atoms. The molecule has 1 amide bonds. The molecule has 0 saturated heterocycles. The molecule has 2 aromatic rings. The van der Waals surface area contributed by atoms with Gasteiger partial charge in [-0.2, -0.15) is 0 Å². The molecule has 0 heterocycles. The number of benzene rings is 2. The number of carbonyl (C=O) groups excluding carboxylic acids is 1. The minimum Gasteiger partial charge on any atom is -0.316 e. The molecule has 2 nitrogen and oxygen atoms in total. The average Bonchev–Trinajstić information content (AvgIpc) is 2.47. The topological polar surface area (TPSA) is 20.3 Å². The second-order valence-corrected chi connectivity index (χ2v) is 10.0. The standard InChI is InChI=1S/C17H21NOSi/c1-14(19)18(2)15-10-12-17(13-11-15)20(3,4)16-8-6-5-7-9-16/h5-13H,1-4H3. The maximum Gasteiger partial charge on any atom is 0.223 e. The second kappa shape index (κ2) is 5.63. The van der Waals surface area contributed by atoms with Crippen LogP contribution in [0.25, 0.3) is 0 Å². The van der Waals surface area contributed by atoms with Gasteiger partial charge in [0.2, 0.25) is 5.91 Å². The van der Waals surface area contributed by atoms with Crippen molar-refractivity contribution in [2.75, 3.05) is 11.9 Å². The van der Waals surface area contributed by atoms with Crippen LogP contribution in [0.1, 0.15) is 6.92 Å². The van der Waals surface area contributed by atoms with Gasteiger partial charge < -0.3 is 4.90 Å². The zero-order valence-corrected chi connectivity index (χ0v) is 13.6. The summed E-state index contributed by atoms with van der Waals surface area (Å²) in [6.45, 7) is 6.29. The molecule has 0 aromatic heterocycles. The summed E-state index contributed by atoms with van der Waals surface area (Å²) in [6, 6.07) is 19.1. The van der Waals surface area contributed by atoms with Gasteiger partial charge in [-0.25, -0.2) is 0 Å². The summed E-state index contributed by atoms with van der Waals surface area (Å²) < 4.78 is 0. The Kier molecular flexibility index (Phi) is 4.09. The first-order valence-electron chi connectivity index (χ1n) is 6.83. The van der Waals surface area contributed by atoms with Crippen LogP contribution in [0, 0.1) is 0 Å². The van der Waals surface area contributed by atoms with E-state index in [0.29, 0.717) is 0 Å². The fraction of sp³-hybridized carbons (Fsp3) is 0.235. The lowest BCUT2D eigenvalue weighted by Gasteiger charge is -2.24. The fourth-order valence-electron chi connectivity index (χ4n) is 2.30. The third kappa shape index (κ3) is 2.83. The Bertz CT molecular complexity index is 590. The monoisotopic (exact) mass is 283 g/mol. The summed E-state index contributed by atoms with van der Waals surface area (Å²) in [5.74, 6) is 0.0531. The molecule has 0 aliphatic carbocycles. The molecule has 104 valence electrons. The number of carbonyl (C=O) groups is 1. The lowest BCUT2D eigenvalue weighted by atomic mass is 10.3. The maximum absolute atomic E-state index is 11.4. The van der Waals surface area contributed by atoms with E-state index in [1.807, 2.05) is 12.1 Å². The van der Waals surface area contributed by atoms with Crippen molar-refractivity contribution in [3.8, 4) is 0 Å². The van der Waals surface area contributed by atoms with Crippen molar-refractivity contribution in [1.29, 1.82) is 0 Å². The number of hydrogen-bond donors (Lipinski definition) is 0. The van der Waals surface area contributed by atoms with Crippen molar-refractivity contribution < 1.29 is 4.79 Å². The normalized spacial score (nSPS) is 11.2. The number of hydrogen-bond acceptors (Lipinski definition) is 1. The first-order chi connectivity index (χ1) is 9.43. The van der Waals surface area contributed by atoms with Crippen molar-refractivity contribution >= 4 is 30.0 Å². The first kappa shape index (κ1) is 14.5. The van der Waals surface area contributed by atoms with E-state index in [0.717, 1.165) is 5.69 Å². The molecule has 0 N–H and O–H groups in total. The quantitative estimate of drug-likeness (QED) is 0.793. The predicted molar refractivity (Wildman–Crippen MR) is 88.7 cm³/mol. The first-order valence-corrected chi connectivity index (χ1v) is 9.83. The average molecular weight is 283 g/mol. The van der Waals surface area contributed by atoms with E-state index in [1.165, 1.54) is 10.4 Å². The SMILES string of the molecule is CC(=O)N(C)c1ccc([Si](C)(C)c2ccccc2)cc1. The zero-order valence-electron chi connectivity index (χ0n) is 12.6. The molecule has 0 aliphatic rings. The zero-order chi connectivity index (χ0) is 14.8. The number of nitrogens with zero attached hydrogens (tertiary/aromatic N) is 1. The van der Waals surface area contributed by atoms with E-state index >= 15 is 0 Å². The molecular formula is C17H21NOSi. The predicted octanol–water partition coefficient (Wildman–Crippen LogP) is 2.49. The van der Waals surface area contributed by atoms with Gasteiger partial charge in [-0.3, -0.25) is 4.79 Å². The molecule has 0 bridgehead atoms. The summed E-state index contributed by atoms with van der Waals surface area (Å²) in [4.78, 5) is 13.0. The molecule has 0 saturated carbocycles. The van der Waals surface area contributed by atoms with E-state index in [1.54, 1.807) is 18.9 Å². The minimum atomic E-state index is -1.64. The van der Waals surface area contributed by atoms with Crippen molar-refractivity contribution in [1.82, 2.24) is 0 Å². The van der Waals surface area contributed by atoms with Crippen LogP contribution in [0.4, 0.5) is 5.69 Å². The van der Waals surface area contributed by atoms with Gasteiger partial charge >= 0.3 is 0 Å². The van der Waals surface area contributed by atoms with Crippen LogP contribution < -0.4 is 15.3 Å². The van der Waals surface area contributed by atoms with E-state index in [2.05, 4.69) is 55.6 Å². The lowest BCUT2D eigenvalue weighted by molar-refractivity contribution is -0.116. The van der Waals surface area contributed by atoms with E-state index < -0.39 is 8.07 Å². The van der Waals surface area contributed by atoms with Crippen molar-refractivity contribution in [3.63, 3.8) is 0 Å². The molecule has 0 spiro atoms. The second-order valence-electron chi connectivity index (χ2n) is 5.62. The van der Waals surface area contributed by atoms with Gasteiger partial charge in [0.1, 0.15) is 8.07 Å². The summed E-state index contributed by atoms with van der Waals surface area (Å²) in [5, 5.41) is 2.80. The summed E-state index contributed by atoms with van der Waals surface area (Å²) in [7, 11) is 0.159. The highest BCUT2D eigenvalue weighted by Gasteiger charge is 2.25. The van der Waals surface area contributed by atoms with E-state index in [-0.39, 0.29) is 5.91 Å². The third-order valence-corrected chi connectivity index (χ3v) is 7.50. The Morgan fingerprint density at radius 1 is 0.900 bits per heavy atom. The summed E-state index contributed by atoms with van der Waals surface area (Å²) in [5.41, 5.74) is 0.944. The van der Waals surface area contributed by atoms with Gasteiger partial charge in [0.25, 0.3) is 0 Å². The van der Waals surface area contributed by atoms with Crippen LogP contribution in [-0.4, -0.2) is 21.0 Å². The van der Waals surface area contributed by atoms with E-state index in [4.69, 9.17) is 0 Å². The molecule has 0 aliphatic heterocycles. The van der Waals surface area contributed by atoms with Crippen LogP contribution >= 0.6 is 0 Å². The highest BCUT2D eigenvalue weighted by Crippen LogP contribution is 2.13. The van der Waals surface area contributed by atoms with Crippen molar-refractivity contribution in [2.45, 2.75) is 20.0 Å². The molecule has 0 atom stereocenters. The Morgan fingerprint density at radius 2 is 1.40 bits per heavy atom. The highest BCUT2D eigenvalue weighted by molar-refractivity contribution is 7.00. The minimum absolute atomic E-state index is 0.0531. The number of rotatable bonds is 3. The molecule has 0 unspecified atom stereocenters.